The van der Waals surface area contributed by atoms with E-state index in [0.717, 1.165) is 35.3 Å². The van der Waals surface area contributed by atoms with Gasteiger partial charge in [-0.3, -0.25) is 4.79 Å². The van der Waals surface area contributed by atoms with E-state index in [1.807, 2.05) is 43.5 Å². The summed E-state index contributed by atoms with van der Waals surface area (Å²) in [6.45, 7) is 7.06. The Bertz CT molecular complexity index is 593. The summed E-state index contributed by atoms with van der Waals surface area (Å²) in [7, 11) is 0. The maximum absolute atomic E-state index is 12.4. The van der Waals surface area contributed by atoms with Crippen LogP contribution in [0.15, 0.2) is 35.0 Å². The quantitative estimate of drug-likeness (QED) is 0.832. The fourth-order valence-electron chi connectivity index (χ4n) is 2.18. The molecule has 2 rings (SSSR count). The van der Waals surface area contributed by atoms with Gasteiger partial charge in [-0.1, -0.05) is 6.92 Å². The van der Waals surface area contributed by atoms with Crippen molar-refractivity contribution in [3.05, 3.63) is 51.7 Å². The first kappa shape index (κ1) is 15.6. The molecule has 1 amide bonds. The average molecular weight is 302 g/mol. The van der Waals surface area contributed by atoms with Crippen LogP contribution >= 0.6 is 11.3 Å². The molecule has 21 heavy (non-hydrogen) atoms. The van der Waals surface area contributed by atoms with Gasteiger partial charge in [0.15, 0.2) is 0 Å². The van der Waals surface area contributed by atoms with Crippen molar-refractivity contribution in [1.82, 2.24) is 5.32 Å². The Hall–Kier alpha value is -1.81. The van der Waals surface area contributed by atoms with Crippen molar-refractivity contribution >= 4 is 22.9 Å². The predicted octanol–water partition coefficient (Wildman–Crippen LogP) is 4.37. The van der Waals surface area contributed by atoms with Gasteiger partial charge in [-0.2, -0.15) is 11.3 Å². The lowest BCUT2D eigenvalue weighted by molar-refractivity contribution is 0.0939. The molecule has 2 N–H and O–H groups in total. The lowest BCUT2D eigenvalue weighted by Crippen LogP contribution is -2.27. The number of rotatable bonds is 6. The van der Waals surface area contributed by atoms with Gasteiger partial charge in [0.1, 0.15) is 0 Å². The molecule has 112 valence electrons. The average Bonchev–Trinajstić information content (AvgIpc) is 2.99. The van der Waals surface area contributed by atoms with Crippen LogP contribution in [0.2, 0.25) is 0 Å². The van der Waals surface area contributed by atoms with Crippen molar-refractivity contribution in [3.63, 3.8) is 0 Å². The van der Waals surface area contributed by atoms with Crippen molar-refractivity contribution in [2.45, 2.75) is 33.2 Å². The minimum absolute atomic E-state index is 0.0201. The Balaban J connectivity index is 2.05. The molecule has 0 radical (unpaired) electrons. The molecule has 0 saturated heterocycles. The normalized spacial score (nSPS) is 12.0. The largest absolute Gasteiger partial charge is 0.385 e. The first-order valence-electron chi connectivity index (χ1n) is 7.29. The molecule has 0 spiro atoms. The molecule has 0 fully saturated rings. The molecule has 0 bridgehead atoms. The summed E-state index contributed by atoms with van der Waals surface area (Å²) in [5.74, 6) is -0.0201. The lowest BCUT2D eigenvalue weighted by Gasteiger charge is -2.15. The number of nitrogens with one attached hydrogen (secondary N) is 2. The number of hydrogen-bond donors (Lipinski definition) is 2. The van der Waals surface area contributed by atoms with Gasteiger partial charge in [0.2, 0.25) is 0 Å². The minimum Gasteiger partial charge on any atom is -0.385 e. The predicted molar refractivity (Wildman–Crippen MR) is 90.2 cm³/mol. The fourth-order valence-corrected chi connectivity index (χ4v) is 2.93. The highest BCUT2D eigenvalue weighted by Crippen LogP contribution is 2.19. The van der Waals surface area contributed by atoms with Crippen LogP contribution in [-0.2, 0) is 0 Å². The molecule has 4 heteroatoms. The Morgan fingerprint density at radius 1 is 1.33 bits per heavy atom. The van der Waals surface area contributed by atoms with Crippen LogP contribution in [0, 0.1) is 6.92 Å². The molecule has 0 aliphatic rings. The van der Waals surface area contributed by atoms with E-state index >= 15 is 0 Å². The first-order valence-corrected chi connectivity index (χ1v) is 8.23. The van der Waals surface area contributed by atoms with Crippen LogP contribution in [0.1, 0.15) is 47.8 Å². The third-order valence-electron chi connectivity index (χ3n) is 3.44. The van der Waals surface area contributed by atoms with E-state index in [2.05, 4.69) is 22.9 Å². The number of hydrogen-bond acceptors (Lipinski definition) is 3. The number of thiophene rings is 1. The second-order valence-electron chi connectivity index (χ2n) is 5.21. The smallest absolute Gasteiger partial charge is 0.252 e. The summed E-state index contributed by atoms with van der Waals surface area (Å²) >= 11 is 1.64. The lowest BCUT2D eigenvalue weighted by atomic mass is 10.1. The Kier molecular flexibility index (Phi) is 5.39. The number of aryl methyl sites for hydroxylation is 1. The molecule has 0 aliphatic heterocycles. The van der Waals surface area contributed by atoms with Gasteiger partial charge >= 0.3 is 0 Å². The number of carbonyl (C=O) groups is 1. The van der Waals surface area contributed by atoms with Crippen molar-refractivity contribution in [2.75, 3.05) is 11.9 Å². The number of anilines is 1. The zero-order valence-electron chi connectivity index (χ0n) is 12.8. The summed E-state index contributed by atoms with van der Waals surface area (Å²) in [6.07, 6.45) is 1.08. The molecular weight excluding hydrogens is 280 g/mol. The molecule has 0 saturated carbocycles. The molecule has 1 aromatic carbocycles. The van der Waals surface area contributed by atoms with Crippen LogP contribution < -0.4 is 10.6 Å². The standard InChI is InChI=1S/C17H22N2OS/c1-4-8-18-15-5-6-16(12(2)10-15)17(20)19-13(3)14-7-9-21-11-14/h5-7,9-11,13,18H,4,8H2,1-3H3,(H,19,20). The van der Waals surface area contributed by atoms with Crippen LogP contribution in [0.4, 0.5) is 5.69 Å². The van der Waals surface area contributed by atoms with E-state index in [1.54, 1.807) is 11.3 Å². The van der Waals surface area contributed by atoms with Gasteiger partial charge in [0, 0.05) is 17.8 Å². The van der Waals surface area contributed by atoms with Gasteiger partial charge in [0.25, 0.3) is 5.91 Å². The van der Waals surface area contributed by atoms with E-state index in [1.165, 1.54) is 0 Å². The first-order chi connectivity index (χ1) is 10.1. The SMILES string of the molecule is CCCNc1ccc(C(=O)NC(C)c2ccsc2)c(C)c1. The van der Waals surface area contributed by atoms with Crippen LogP contribution in [0.5, 0.6) is 0 Å². The molecule has 1 heterocycles. The van der Waals surface area contributed by atoms with Gasteiger partial charge in [-0.15, -0.1) is 0 Å². The van der Waals surface area contributed by atoms with Gasteiger partial charge in [0.05, 0.1) is 6.04 Å². The summed E-state index contributed by atoms with van der Waals surface area (Å²) < 4.78 is 0. The summed E-state index contributed by atoms with van der Waals surface area (Å²) in [5.41, 5.74) is 3.94. The van der Waals surface area contributed by atoms with Crippen LogP contribution in [0.3, 0.4) is 0 Å². The minimum atomic E-state index is -0.0201. The summed E-state index contributed by atoms with van der Waals surface area (Å²) in [6, 6.07) is 7.96. The highest BCUT2D eigenvalue weighted by atomic mass is 32.1. The van der Waals surface area contributed by atoms with Crippen molar-refractivity contribution in [1.29, 1.82) is 0 Å². The van der Waals surface area contributed by atoms with Gasteiger partial charge in [-0.25, -0.2) is 0 Å². The number of benzene rings is 1. The molecule has 1 unspecified atom stereocenters. The highest BCUT2D eigenvalue weighted by Gasteiger charge is 2.13. The third kappa shape index (κ3) is 4.08. The third-order valence-corrected chi connectivity index (χ3v) is 4.14. The van der Waals surface area contributed by atoms with Crippen LogP contribution in [-0.4, -0.2) is 12.5 Å². The molecular formula is C17H22N2OS. The van der Waals surface area contributed by atoms with E-state index in [9.17, 15) is 4.79 Å². The molecule has 0 aliphatic carbocycles. The summed E-state index contributed by atoms with van der Waals surface area (Å²) in [4.78, 5) is 12.4. The number of amides is 1. The molecule has 3 nitrogen and oxygen atoms in total. The van der Waals surface area contributed by atoms with Crippen LogP contribution in [0.25, 0.3) is 0 Å². The van der Waals surface area contributed by atoms with Gasteiger partial charge in [-0.05, 0) is 66.4 Å². The highest BCUT2D eigenvalue weighted by molar-refractivity contribution is 7.07. The zero-order valence-corrected chi connectivity index (χ0v) is 13.6. The molecule has 1 aromatic heterocycles. The van der Waals surface area contributed by atoms with E-state index in [0.29, 0.717) is 0 Å². The van der Waals surface area contributed by atoms with Crippen molar-refractivity contribution in [2.24, 2.45) is 0 Å². The van der Waals surface area contributed by atoms with E-state index < -0.39 is 0 Å². The summed E-state index contributed by atoms with van der Waals surface area (Å²) in [5, 5.41) is 10.5. The Morgan fingerprint density at radius 2 is 2.14 bits per heavy atom. The number of carbonyl (C=O) groups excluding carboxylic acids is 1. The van der Waals surface area contributed by atoms with E-state index in [4.69, 9.17) is 0 Å². The monoisotopic (exact) mass is 302 g/mol. The Labute approximate surface area is 130 Å². The van der Waals surface area contributed by atoms with Gasteiger partial charge < -0.3 is 10.6 Å². The molecule has 1 atom stereocenters. The zero-order chi connectivity index (χ0) is 15.2. The Morgan fingerprint density at radius 3 is 2.76 bits per heavy atom. The topological polar surface area (TPSA) is 41.1 Å². The van der Waals surface area contributed by atoms with E-state index in [-0.39, 0.29) is 11.9 Å². The van der Waals surface area contributed by atoms with Crippen molar-refractivity contribution in [3.8, 4) is 0 Å². The van der Waals surface area contributed by atoms with Crippen molar-refractivity contribution < 1.29 is 4.79 Å². The second-order valence-corrected chi connectivity index (χ2v) is 5.99. The maximum Gasteiger partial charge on any atom is 0.252 e. The second kappa shape index (κ2) is 7.27. The maximum atomic E-state index is 12.4. The fraction of sp³-hybridized carbons (Fsp3) is 0.353. The molecule has 2 aromatic rings.